The Hall–Kier alpha value is -2.95. The van der Waals surface area contributed by atoms with Crippen LogP contribution in [0.5, 0.6) is 0 Å². The average molecular weight is 597 g/mol. The van der Waals surface area contributed by atoms with E-state index in [1.54, 1.807) is 0 Å². The van der Waals surface area contributed by atoms with Crippen molar-refractivity contribution in [2.75, 3.05) is 0 Å². The molecule has 2 unspecified atom stereocenters. The van der Waals surface area contributed by atoms with Crippen LogP contribution in [-0.4, -0.2) is 60.0 Å². The second-order valence-corrected chi connectivity index (χ2v) is 8.38. The van der Waals surface area contributed by atoms with E-state index in [1.165, 1.54) is 35.6 Å². The number of alkyl halides is 13. The molecule has 0 spiro atoms. The number of ether oxygens (including phenoxy) is 2. The van der Waals surface area contributed by atoms with Gasteiger partial charge in [-0.05, 0) is 19.4 Å². The van der Waals surface area contributed by atoms with Crippen LogP contribution in [0.3, 0.4) is 0 Å². The van der Waals surface area contributed by atoms with Crippen molar-refractivity contribution in [3.8, 4) is 0 Å². The van der Waals surface area contributed by atoms with Crippen molar-refractivity contribution in [3.05, 3.63) is 35.9 Å². The third kappa shape index (κ3) is 6.45. The molecule has 0 aliphatic heterocycles. The largest absolute Gasteiger partial charge is 0.461 e. The fourth-order valence-electron chi connectivity index (χ4n) is 2.86. The van der Waals surface area contributed by atoms with Crippen LogP contribution < -0.4 is 5.32 Å². The Bertz CT molecular complexity index is 997. The maximum Gasteiger partial charge on any atom is 0.460 e. The summed E-state index contributed by atoms with van der Waals surface area (Å²) in [5.74, 6) is -44.1. The van der Waals surface area contributed by atoms with Crippen LogP contribution in [0, 0.1) is 5.92 Å². The van der Waals surface area contributed by atoms with Crippen molar-refractivity contribution >= 4 is 12.1 Å². The first-order valence-corrected chi connectivity index (χ1v) is 10.5. The minimum atomic E-state index is -8.11. The maximum atomic E-state index is 14.7. The Morgan fingerprint density at radius 1 is 0.744 bits per heavy atom. The normalized spacial score (nSPS) is 15.5. The zero-order chi connectivity index (χ0) is 30.8. The number of hydrogen-bond acceptors (Lipinski definition) is 4. The molecule has 18 heteroatoms. The monoisotopic (exact) mass is 597 g/mol. The SMILES string of the molecule is CC(C)OC(=O)C(NC(=O)OCc1ccccc1)C(C)C(F)(F)C(F)(F)C(F)(F)C(F)(F)C(F)(F)C(F)(F)F. The minimum Gasteiger partial charge on any atom is -0.461 e. The fourth-order valence-corrected chi connectivity index (χ4v) is 2.86. The summed E-state index contributed by atoms with van der Waals surface area (Å²) in [5.41, 5.74) is 0.270. The van der Waals surface area contributed by atoms with E-state index in [1.807, 2.05) is 0 Å². The summed E-state index contributed by atoms with van der Waals surface area (Å²) in [6.45, 7) is 1.37. The van der Waals surface area contributed by atoms with Crippen molar-refractivity contribution in [1.29, 1.82) is 0 Å². The molecule has 1 aromatic rings. The molecular weight excluding hydrogens is 577 g/mol. The number of amides is 1. The van der Waals surface area contributed by atoms with Gasteiger partial charge < -0.3 is 14.8 Å². The molecule has 0 aliphatic carbocycles. The first-order chi connectivity index (χ1) is 17.4. The smallest absolute Gasteiger partial charge is 0.460 e. The highest BCUT2D eigenvalue weighted by Crippen LogP contribution is 2.61. The molecule has 2 atom stereocenters. The van der Waals surface area contributed by atoms with Crippen LogP contribution in [0.1, 0.15) is 26.3 Å². The fraction of sp³-hybridized carbons (Fsp3) is 0.619. The molecule has 0 aromatic heterocycles. The average Bonchev–Trinajstić information content (AvgIpc) is 2.79. The van der Waals surface area contributed by atoms with Crippen LogP contribution in [0.15, 0.2) is 30.3 Å². The van der Waals surface area contributed by atoms with Gasteiger partial charge in [-0.2, -0.15) is 57.1 Å². The van der Waals surface area contributed by atoms with Gasteiger partial charge in [0.2, 0.25) is 0 Å². The topological polar surface area (TPSA) is 64.6 Å². The number of alkyl carbamates (subject to hydrolysis) is 1. The van der Waals surface area contributed by atoms with E-state index in [0.29, 0.717) is 0 Å². The van der Waals surface area contributed by atoms with Crippen molar-refractivity contribution in [1.82, 2.24) is 5.32 Å². The van der Waals surface area contributed by atoms with E-state index in [0.717, 1.165) is 13.8 Å². The number of halogens is 13. The second kappa shape index (κ2) is 11.3. The highest BCUT2D eigenvalue weighted by molar-refractivity contribution is 5.82. The number of nitrogens with one attached hydrogen (secondary N) is 1. The van der Waals surface area contributed by atoms with Gasteiger partial charge >= 0.3 is 47.9 Å². The molecule has 5 nitrogen and oxygen atoms in total. The highest BCUT2D eigenvalue weighted by atomic mass is 19.4. The van der Waals surface area contributed by atoms with E-state index < -0.39 is 72.5 Å². The van der Waals surface area contributed by atoms with Gasteiger partial charge in [-0.15, -0.1) is 0 Å². The predicted octanol–water partition coefficient (Wildman–Crippen LogP) is 6.61. The molecule has 224 valence electrons. The molecule has 0 heterocycles. The van der Waals surface area contributed by atoms with E-state index in [9.17, 15) is 66.7 Å². The lowest BCUT2D eigenvalue weighted by atomic mass is 9.84. The summed E-state index contributed by atoms with van der Waals surface area (Å²) in [5, 5.41) is 1.31. The van der Waals surface area contributed by atoms with Gasteiger partial charge in [0.25, 0.3) is 0 Å². The lowest BCUT2D eigenvalue weighted by molar-refractivity contribution is -0.443. The molecule has 1 N–H and O–H groups in total. The number of esters is 1. The van der Waals surface area contributed by atoms with Crippen molar-refractivity contribution in [2.45, 2.75) is 75.3 Å². The maximum absolute atomic E-state index is 14.7. The van der Waals surface area contributed by atoms with Gasteiger partial charge in [-0.3, -0.25) is 0 Å². The van der Waals surface area contributed by atoms with Gasteiger partial charge in [0.1, 0.15) is 12.6 Å². The summed E-state index contributed by atoms with van der Waals surface area (Å²) >= 11 is 0. The molecule has 0 saturated carbocycles. The summed E-state index contributed by atoms with van der Waals surface area (Å²) in [7, 11) is 0. The molecule has 0 aliphatic rings. The zero-order valence-electron chi connectivity index (χ0n) is 19.9. The van der Waals surface area contributed by atoms with Crippen molar-refractivity contribution in [3.63, 3.8) is 0 Å². The molecule has 1 amide bonds. The first-order valence-electron chi connectivity index (χ1n) is 10.5. The number of rotatable bonds is 11. The van der Waals surface area contributed by atoms with Gasteiger partial charge in [0.15, 0.2) is 0 Å². The quantitative estimate of drug-likeness (QED) is 0.231. The Kier molecular flexibility index (Phi) is 9.85. The van der Waals surface area contributed by atoms with Crippen LogP contribution in [0.4, 0.5) is 61.9 Å². The molecular formula is C21H20F13NO4. The van der Waals surface area contributed by atoms with E-state index in [2.05, 4.69) is 9.47 Å². The Balaban J connectivity index is 3.43. The third-order valence-electron chi connectivity index (χ3n) is 5.12. The summed E-state index contributed by atoms with van der Waals surface area (Å²) < 4.78 is 185. The van der Waals surface area contributed by atoms with Gasteiger partial charge in [0.05, 0.1) is 12.0 Å². The lowest BCUT2D eigenvalue weighted by Crippen LogP contribution is -2.72. The minimum absolute atomic E-state index is 0.173. The van der Waals surface area contributed by atoms with Crippen LogP contribution in [0.2, 0.25) is 0 Å². The third-order valence-corrected chi connectivity index (χ3v) is 5.12. The van der Waals surface area contributed by atoms with Gasteiger partial charge in [0, 0.05) is 0 Å². The molecule has 1 aromatic carbocycles. The summed E-state index contributed by atoms with van der Waals surface area (Å²) in [6.07, 6.45) is -10.6. The molecule has 0 saturated heterocycles. The van der Waals surface area contributed by atoms with Crippen molar-refractivity contribution < 1.29 is 76.1 Å². The van der Waals surface area contributed by atoms with E-state index in [4.69, 9.17) is 0 Å². The Labute approximate surface area is 211 Å². The van der Waals surface area contributed by atoms with E-state index >= 15 is 0 Å². The lowest BCUT2D eigenvalue weighted by Gasteiger charge is -2.42. The number of carbonyl (C=O) groups is 2. The highest BCUT2D eigenvalue weighted by Gasteiger charge is 2.91. The first kappa shape index (κ1) is 34.1. The van der Waals surface area contributed by atoms with Crippen molar-refractivity contribution in [2.24, 2.45) is 5.92 Å². The number of benzene rings is 1. The summed E-state index contributed by atoms with van der Waals surface area (Å²) in [6, 6.07) is 4.14. The predicted molar refractivity (Wildman–Crippen MR) is 105 cm³/mol. The number of hydrogen-bond donors (Lipinski definition) is 1. The van der Waals surface area contributed by atoms with Crippen LogP contribution in [0.25, 0.3) is 0 Å². The molecule has 1 rings (SSSR count). The van der Waals surface area contributed by atoms with Crippen LogP contribution in [-0.2, 0) is 20.9 Å². The zero-order valence-corrected chi connectivity index (χ0v) is 19.9. The second-order valence-electron chi connectivity index (χ2n) is 8.38. The van der Waals surface area contributed by atoms with Crippen LogP contribution >= 0.6 is 0 Å². The molecule has 0 fully saturated rings. The summed E-state index contributed by atoms with van der Waals surface area (Å²) in [4.78, 5) is 24.3. The Morgan fingerprint density at radius 2 is 1.21 bits per heavy atom. The molecule has 0 bridgehead atoms. The molecule has 39 heavy (non-hydrogen) atoms. The Morgan fingerprint density at radius 3 is 1.64 bits per heavy atom. The van der Waals surface area contributed by atoms with Gasteiger partial charge in [-0.1, -0.05) is 37.3 Å². The van der Waals surface area contributed by atoms with Gasteiger partial charge in [-0.25, -0.2) is 9.59 Å². The standard InChI is InChI=1S/C21H20F13NO4/c1-10(2)39-14(36)13(35-15(37)38-9-12-7-5-4-6-8-12)11(3)16(22,23)17(24,25)18(26,27)19(28,29)20(30,31)21(32,33)34/h4-8,10-11,13H,9H2,1-3H3,(H,35,37). The van der Waals surface area contributed by atoms with E-state index in [-0.39, 0.29) is 12.5 Å². The molecule has 0 radical (unpaired) electrons. The number of carbonyl (C=O) groups excluding carboxylic acids is 2.